The zero-order valence-electron chi connectivity index (χ0n) is 11.3. The van der Waals surface area contributed by atoms with Crippen LogP contribution in [0.1, 0.15) is 44.8 Å². The molecular weight excluding hydrogens is 308 g/mol. The Labute approximate surface area is 122 Å². The highest BCUT2D eigenvalue weighted by Gasteiger charge is 2.47. The first-order valence-corrected chi connectivity index (χ1v) is 7.49. The molecule has 19 heavy (non-hydrogen) atoms. The molecule has 2 aliphatic heterocycles. The molecule has 2 heterocycles. The topological polar surface area (TPSA) is 38.7 Å². The Hall–Kier alpha value is -0.580. The van der Waals surface area contributed by atoms with Crippen molar-refractivity contribution in [2.24, 2.45) is 0 Å². The summed E-state index contributed by atoms with van der Waals surface area (Å²) in [5.74, 6) is 0.797. The van der Waals surface area contributed by atoms with Crippen molar-refractivity contribution in [1.82, 2.24) is 0 Å². The summed E-state index contributed by atoms with van der Waals surface area (Å²) < 4.78 is 13.0. The molecule has 1 spiro atoms. The smallest absolute Gasteiger partial charge is 0.127 e. The van der Waals surface area contributed by atoms with Crippen molar-refractivity contribution in [3.8, 4) is 5.75 Å². The Bertz CT molecular complexity index is 500. The summed E-state index contributed by atoms with van der Waals surface area (Å²) in [6, 6.07) is 5.82. The zero-order chi connectivity index (χ0) is 13.7. The van der Waals surface area contributed by atoms with Gasteiger partial charge < -0.3 is 14.6 Å². The predicted molar refractivity (Wildman–Crippen MR) is 76.3 cm³/mol. The van der Waals surface area contributed by atoms with Crippen LogP contribution in [0.15, 0.2) is 22.7 Å². The molecule has 0 bridgehead atoms. The number of hydrogen-bond acceptors (Lipinski definition) is 3. The van der Waals surface area contributed by atoms with Gasteiger partial charge in [-0.2, -0.15) is 0 Å². The molecule has 0 amide bonds. The highest BCUT2D eigenvalue weighted by molar-refractivity contribution is 9.10. The van der Waals surface area contributed by atoms with E-state index >= 15 is 0 Å². The van der Waals surface area contributed by atoms with Crippen molar-refractivity contribution in [2.75, 3.05) is 6.61 Å². The fourth-order valence-corrected chi connectivity index (χ4v) is 3.64. The molecule has 0 aromatic heterocycles. The summed E-state index contributed by atoms with van der Waals surface area (Å²) in [6.45, 7) is 4.85. The van der Waals surface area contributed by atoms with Gasteiger partial charge in [0.15, 0.2) is 0 Å². The standard InChI is InChI=1S/C15H19BrO3/c1-14(2)9-15(5-6-18-14)8-12(17)11-4-3-10(16)7-13(11)19-15/h3-4,7,12,17H,5-6,8-9H2,1-2H3/t12-,15?/m0/s1. The van der Waals surface area contributed by atoms with Crippen LogP contribution in [0.5, 0.6) is 5.75 Å². The van der Waals surface area contributed by atoms with Crippen molar-refractivity contribution in [3.63, 3.8) is 0 Å². The third-order valence-electron chi connectivity index (χ3n) is 4.02. The third kappa shape index (κ3) is 2.54. The number of aliphatic hydroxyl groups is 1. The van der Waals surface area contributed by atoms with Gasteiger partial charge in [0.1, 0.15) is 11.4 Å². The maximum atomic E-state index is 10.4. The zero-order valence-corrected chi connectivity index (χ0v) is 12.9. The number of halogens is 1. The highest BCUT2D eigenvalue weighted by atomic mass is 79.9. The second-order valence-electron chi connectivity index (χ2n) is 6.22. The second-order valence-corrected chi connectivity index (χ2v) is 7.14. The van der Waals surface area contributed by atoms with Crippen molar-refractivity contribution < 1.29 is 14.6 Å². The SMILES string of the molecule is CC1(C)CC2(CCO1)C[C@H](O)c1ccc(Br)cc1O2. The lowest BCUT2D eigenvalue weighted by molar-refractivity contribution is -0.151. The molecule has 1 fully saturated rings. The third-order valence-corrected chi connectivity index (χ3v) is 4.52. The van der Waals surface area contributed by atoms with Crippen LogP contribution in [-0.4, -0.2) is 22.9 Å². The van der Waals surface area contributed by atoms with E-state index in [0.717, 1.165) is 28.6 Å². The lowest BCUT2D eigenvalue weighted by Crippen LogP contribution is -2.51. The predicted octanol–water partition coefficient (Wildman–Crippen LogP) is 3.59. The van der Waals surface area contributed by atoms with Gasteiger partial charge in [-0.15, -0.1) is 0 Å². The molecule has 3 nitrogen and oxygen atoms in total. The lowest BCUT2D eigenvalue weighted by atomic mass is 9.77. The number of aliphatic hydroxyl groups excluding tert-OH is 1. The fraction of sp³-hybridized carbons (Fsp3) is 0.600. The Morgan fingerprint density at radius 3 is 2.89 bits per heavy atom. The summed E-state index contributed by atoms with van der Waals surface area (Å²) in [4.78, 5) is 0. The van der Waals surface area contributed by atoms with E-state index in [9.17, 15) is 5.11 Å². The molecule has 4 heteroatoms. The minimum atomic E-state index is -0.453. The molecule has 3 rings (SSSR count). The van der Waals surface area contributed by atoms with E-state index < -0.39 is 6.10 Å². The maximum Gasteiger partial charge on any atom is 0.127 e. The van der Waals surface area contributed by atoms with Crippen LogP contribution in [-0.2, 0) is 4.74 Å². The first-order chi connectivity index (χ1) is 8.89. The summed E-state index contributed by atoms with van der Waals surface area (Å²) in [5.41, 5.74) is 0.398. The molecule has 0 aliphatic carbocycles. The van der Waals surface area contributed by atoms with Gasteiger partial charge in [-0.3, -0.25) is 0 Å². The molecule has 104 valence electrons. The van der Waals surface area contributed by atoms with Crippen LogP contribution in [0.3, 0.4) is 0 Å². The number of benzene rings is 1. The van der Waals surface area contributed by atoms with Crippen LogP contribution in [0.25, 0.3) is 0 Å². The van der Waals surface area contributed by atoms with Gasteiger partial charge >= 0.3 is 0 Å². The van der Waals surface area contributed by atoms with E-state index in [2.05, 4.69) is 29.8 Å². The summed E-state index contributed by atoms with van der Waals surface area (Å²) in [7, 11) is 0. The van der Waals surface area contributed by atoms with Gasteiger partial charge in [-0.05, 0) is 26.0 Å². The number of hydrogen-bond donors (Lipinski definition) is 1. The van der Waals surface area contributed by atoms with Crippen molar-refractivity contribution in [3.05, 3.63) is 28.2 Å². The number of ether oxygens (including phenoxy) is 2. The molecule has 1 aromatic carbocycles. The monoisotopic (exact) mass is 326 g/mol. The average Bonchev–Trinajstić information content (AvgIpc) is 2.25. The molecule has 1 aromatic rings. The number of fused-ring (bicyclic) bond motifs is 1. The second kappa shape index (κ2) is 4.47. The largest absolute Gasteiger partial charge is 0.487 e. The maximum absolute atomic E-state index is 10.4. The summed E-state index contributed by atoms with van der Waals surface area (Å²) in [6.07, 6.45) is 1.84. The van der Waals surface area contributed by atoms with E-state index in [-0.39, 0.29) is 11.2 Å². The first kappa shape index (κ1) is 13.4. The minimum Gasteiger partial charge on any atom is -0.487 e. The Morgan fingerprint density at radius 2 is 2.16 bits per heavy atom. The van der Waals surface area contributed by atoms with Crippen LogP contribution >= 0.6 is 15.9 Å². The Morgan fingerprint density at radius 1 is 1.37 bits per heavy atom. The molecule has 0 saturated carbocycles. The van der Waals surface area contributed by atoms with E-state index in [1.165, 1.54) is 0 Å². The summed E-state index contributed by atoms with van der Waals surface area (Å²) >= 11 is 3.46. The normalized spacial score (nSPS) is 32.7. The van der Waals surface area contributed by atoms with Crippen molar-refractivity contribution >= 4 is 15.9 Å². The van der Waals surface area contributed by atoms with Crippen molar-refractivity contribution in [1.29, 1.82) is 0 Å². The molecule has 1 N–H and O–H groups in total. The first-order valence-electron chi connectivity index (χ1n) is 6.70. The quantitative estimate of drug-likeness (QED) is 0.791. The summed E-state index contributed by atoms with van der Waals surface area (Å²) in [5, 5.41) is 10.4. The highest BCUT2D eigenvalue weighted by Crippen LogP contribution is 2.47. The lowest BCUT2D eigenvalue weighted by Gasteiger charge is -2.48. The van der Waals surface area contributed by atoms with Crippen LogP contribution in [0, 0.1) is 0 Å². The van der Waals surface area contributed by atoms with Crippen LogP contribution in [0.4, 0.5) is 0 Å². The van der Waals surface area contributed by atoms with E-state index in [0.29, 0.717) is 13.0 Å². The van der Waals surface area contributed by atoms with Gasteiger partial charge in [0.25, 0.3) is 0 Å². The Balaban J connectivity index is 1.95. The van der Waals surface area contributed by atoms with E-state index in [4.69, 9.17) is 9.47 Å². The van der Waals surface area contributed by atoms with E-state index in [1.807, 2.05) is 18.2 Å². The van der Waals surface area contributed by atoms with Gasteiger partial charge in [0.2, 0.25) is 0 Å². The van der Waals surface area contributed by atoms with Gasteiger partial charge in [0.05, 0.1) is 18.3 Å². The molecule has 0 radical (unpaired) electrons. The minimum absolute atomic E-state index is 0.193. The molecular formula is C15H19BrO3. The van der Waals surface area contributed by atoms with Gasteiger partial charge in [0, 0.05) is 29.3 Å². The molecule has 2 aliphatic rings. The van der Waals surface area contributed by atoms with Crippen LogP contribution in [0.2, 0.25) is 0 Å². The van der Waals surface area contributed by atoms with Crippen molar-refractivity contribution in [2.45, 2.75) is 50.4 Å². The number of rotatable bonds is 0. The average molecular weight is 327 g/mol. The van der Waals surface area contributed by atoms with E-state index in [1.54, 1.807) is 0 Å². The molecule has 1 saturated heterocycles. The van der Waals surface area contributed by atoms with Crippen LogP contribution < -0.4 is 4.74 Å². The molecule has 1 unspecified atom stereocenters. The van der Waals surface area contributed by atoms with Gasteiger partial charge in [-0.1, -0.05) is 22.0 Å². The fourth-order valence-electron chi connectivity index (χ4n) is 3.30. The Kier molecular flexibility index (Phi) is 3.15. The van der Waals surface area contributed by atoms with Gasteiger partial charge in [-0.25, -0.2) is 0 Å². The molecule has 2 atom stereocenters.